The van der Waals surface area contributed by atoms with E-state index in [0.29, 0.717) is 32.8 Å². The zero-order valence-corrected chi connectivity index (χ0v) is 16.4. The number of carbonyl (C=O) groups is 2. The monoisotopic (exact) mass is 395 g/mol. The highest BCUT2D eigenvalue weighted by Gasteiger charge is 2.21. The van der Waals surface area contributed by atoms with Gasteiger partial charge in [-0.1, -0.05) is 6.92 Å². The van der Waals surface area contributed by atoms with Crippen LogP contribution in [-0.4, -0.2) is 34.8 Å². The number of nitrogens with zero attached hydrogens (tertiary/aromatic N) is 2. The van der Waals surface area contributed by atoms with Crippen LogP contribution in [0.1, 0.15) is 39.8 Å². The summed E-state index contributed by atoms with van der Waals surface area (Å²) < 4.78 is 5.30. The Morgan fingerprint density at radius 3 is 2.61 bits per heavy atom. The number of likely N-dealkylation sites (tertiary alicyclic amines) is 1. The number of hydrogen-bond donors (Lipinski definition) is 1. The highest BCUT2D eigenvalue weighted by Crippen LogP contribution is 2.26. The number of hydrogen-bond acceptors (Lipinski definition) is 5. The van der Waals surface area contributed by atoms with Gasteiger partial charge in [0.2, 0.25) is 0 Å². The summed E-state index contributed by atoms with van der Waals surface area (Å²) in [6.07, 6.45) is 5.21. The minimum absolute atomic E-state index is 0.0512. The van der Waals surface area contributed by atoms with E-state index in [1.165, 1.54) is 17.5 Å². The second-order valence-electron chi connectivity index (χ2n) is 7.01. The van der Waals surface area contributed by atoms with Crippen molar-refractivity contribution in [2.45, 2.75) is 19.8 Å². The molecule has 0 atom stereocenters. The molecule has 2 aromatic heterocycles. The molecule has 3 heterocycles. The van der Waals surface area contributed by atoms with Gasteiger partial charge in [-0.3, -0.25) is 9.59 Å². The summed E-state index contributed by atoms with van der Waals surface area (Å²) >= 11 is 1.27. The summed E-state index contributed by atoms with van der Waals surface area (Å²) in [6, 6.07) is 10.6. The van der Waals surface area contributed by atoms with E-state index in [0.717, 1.165) is 25.9 Å². The predicted molar refractivity (Wildman–Crippen MR) is 109 cm³/mol. The zero-order valence-electron chi connectivity index (χ0n) is 15.6. The molecule has 28 heavy (non-hydrogen) atoms. The molecule has 0 unspecified atom stereocenters. The fourth-order valence-electron chi connectivity index (χ4n) is 3.18. The summed E-state index contributed by atoms with van der Waals surface area (Å²) in [6.45, 7) is 3.84. The first-order valence-corrected chi connectivity index (χ1v) is 10.1. The quantitative estimate of drug-likeness (QED) is 0.704. The average molecular weight is 395 g/mol. The molecule has 2 amide bonds. The van der Waals surface area contributed by atoms with Crippen LogP contribution in [0.5, 0.6) is 0 Å². The second kappa shape index (κ2) is 7.98. The fraction of sp³-hybridized carbons (Fsp3) is 0.286. The molecule has 0 saturated carbocycles. The van der Waals surface area contributed by atoms with Crippen LogP contribution in [0, 0.1) is 5.92 Å². The summed E-state index contributed by atoms with van der Waals surface area (Å²) in [5, 5.41) is 3.50. The topological polar surface area (TPSA) is 75.4 Å². The van der Waals surface area contributed by atoms with Crippen LogP contribution < -0.4 is 5.32 Å². The first kappa shape index (κ1) is 18.4. The number of aromatic nitrogens is 1. The molecule has 144 valence electrons. The van der Waals surface area contributed by atoms with Crippen LogP contribution >= 0.6 is 11.3 Å². The molecule has 1 aromatic carbocycles. The number of rotatable bonds is 4. The van der Waals surface area contributed by atoms with Crippen molar-refractivity contribution in [1.29, 1.82) is 0 Å². The van der Waals surface area contributed by atoms with Gasteiger partial charge in [0.1, 0.15) is 4.88 Å². The average Bonchev–Trinajstić information content (AvgIpc) is 3.40. The van der Waals surface area contributed by atoms with Crippen molar-refractivity contribution in [2.24, 2.45) is 5.92 Å². The van der Waals surface area contributed by atoms with Crippen molar-refractivity contribution in [3.8, 4) is 10.8 Å². The Morgan fingerprint density at radius 2 is 1.93 bits per heavy atom. The SMILES string of the molecule is CC1CCN(C(=O)c2ccc(NC(=O)c3cnc(-c4ccco4)s3)cc2)CC1. The lowest BCUT2D eigenvalue weighted by atomic mass is 9.98. The van der Waals surface area contributed by atoms with E-state index in [4.69, 9.17) is 4.42 Å². The van der Waals surface area contributed by atoms with Crippen molar-refractivity contribution in [1.82, 2.24) is 9.88 Å². The van der Waals surface area contributed by atoms with Crippen LogP contribution in [0.2, 0.25) is 0 Å². The van der Waals surface area contributed by atoms with Gasteiger partial charge in [0, 0.05) is 24.3 Å². The fourth-order valence-corrected chi connectivity index (χ4v) is 3.96. The highest BCUT2D eigenvalue weighted by atomic mass is 32.1. The maximum atomic E-state index is 12.6. The number of piperidine rings is 1. The minimum atomic E-state index is -0.237. The third kappa shape index (κ3) is 3.99. The van der Waals surface area contributed by atoms with Gasteiger partial charge >= 0.3 is 0 Å². The Kier molecular flexibility index (Phi) is 5.25. The van der Waals surface area contributed by atoms with Crippen molar-refractivity contribution in [3.63, 3.8) is 0 Å². The largest absolute Gasteiger partial charge is 0.462 e. The lowest BCUT2D eigenvalue weighted by Crippen LogP contribution is -2.37. The minimum Gasteiger partial charge on any atom is -0.462 e. The molecule has 1 aliphatic rings. The lowest BCUT2D eigenvalue weighted by molar-refractivity contribution is 0.0697. The van der Waals surface area contributed by atoms with Gasteiger partial charge in [-0.25, -0.2) is 4.98 Å². The van der Waals surface area contributed by atoms with E-state index in [2.05, 4.69) is 17.2 Å². The smallest absolute Gasteiger partial charge is 0.267 e. The van der Waals surface area contributed by atoms with Gasteiger partial charge in [-0.2, -0.15) is 0 Å². The van der Waals surface area contributed by atoms with Crippen molar-refractivity contribution < 1.29 is 14.0 Å². The molecule has 1 aliphatic heterocycles. The molecule has 7 heteroatoms. The third-order valence-corrected chi connectivity index (χ3v) is 5.93. The molecule has 0 radical (unpaired) electrons. The summed E-state index contributed by atoms with van der Waals surface area (Å²) in [5.74, 6) is 1.13. The normalized spacial score (nSPS) is 14.8. The number of carbonyl (C=O) groups excluding carboxylic acids is 2. The summed E-state index contributed by atoms with van der Waals surface area (Å²) in [4.78, 5) is 31.7. The van der Waals surface area contributed by atoms with E-state index in [1.807, 2.05) is 4.90 Å². The maximum Gasteiger partial charge on any atom is 0.267 e. The van der Waals surface area contributed by atoms with Crippen molar-refractivity contribution >= 4 is 28.8 Å². The molecule has 4 rings (SSSR count). The Hall–Kier alpha value is -2.93. The predicted octanol–water partition coefficient (Wildman–Crippen LogP) is 4.53. The highest BCUT2D eigenvalue weighted by molar-refractivity contribution is 7.17. The van der Waals surface area contributed by atoms with E-state index < -0.39 is 0 Å². The number of furan rings is 1. The van der Waals surface area contributed by atoms with E-state index in [9.17, 15) is 9.59 Å². The van der Waals surface area contributed by atoms with Crippen LogP contribution in [-0.2, 0) is 0 Å². The first-order chi connectivity index (χ1) is 13.6. The third-order valence-electron chi connectivity index (χ3n) is 4.92. The Balaban J connectivity index is 1.39. The van der Waals surface area contributed by atoms with Crippen molar-refractivity contribution in [2.75, 3.05) is 18.4 Å². The van der Waals surface area contributed by atoms with Crippen LogP contribution in [0.25, 0.3) is 10.8 Å². The van der Waals surface area contributed by atoms with E-state index in [1.54, 1.807) is 42.7 Å². The van der Waals surface area contributed by atoms with Gasteiger partial charge in [0.15, 0.2) is 10.8 Å². The number of nitrogens with one attached hydrogen (secondary N) is 1. The molecular weight excluding hydrogens is 374 g/mol. The summed E-state index contributed by atoms with van der Waals surface area (Å²) in [7, 11) is 0. The number of anilines is 1. The van der Waals surface area contributed by atoms with E-state index >= 15 is 0 Å². The van der Waals surface area contributed by atoms with Crippen LogP contribution in [0.4, 0.5) is 5.69 Å². The molecule has 0 spiro atoms. The first-order valence-electron chi connectivity index (χ1n) is 9.30. The zero-order chi connectivity index (χ0) is 19.5. The molecule has 3 aromatic rings. The second-order valence-corrected chi connectivity index (χ2v) is 8.04. The molecule has 0 bridgehead atoms. The van der Waals surface area contributed by atoms with Gasteiger partial charge < -0.3 is 14.6 Å². The molecule has 1 saturated heterocycles. The maximum absolute atomic E-state index is 12.6. The van der Waals surface area contributed by atoms with Gasteiger partial charge in [-0.15, -0.1) is 11.3 Å². The summed E-state index contributed by atoms with van der Waals surface area (Å²) in [5.41, 5.74) is 1.28. The van der Waals surface area contributed by atoms with E-state index in [-0.39, 0.29) is 11.8 Å². The molecule has 6 nitrogen and oxygen atoms in total. The van der Waals surface area contributed by atoms with Gasteiger partial charge in [-0.05, 0) is 55.2 Å². The lowest BCUT2D eigenvalue weighted by Gasteiger charge is -2.30. The Bertz CT molecular complexity index is 955. The molecular formula is C21H21N3O3S. The van der Waals surface area contributed by atoms with Crippen molar-refractivity contribution in [3.05, 3.63) is 59.3 Å². The Morgan fingerprint density at radius 1 is 1.18 bits per heavy atom. The Labute approximate surface area is 167 Å². The van der Waals surface area contributed by atoms with Gasteiger partial charge in [0.25, 0.3) is 11.8 Å². The standard InChI is InChI=1S/C21H21N3O3S/c1-14-8-10-24(11-9-14)21(26)15-4-6-16(7-5-15)23-19(25)18-13-22-20(28-18)17-3-2-12-27-17/h2-7,12-14H,8-11H2,1H3,(H,23,25). The van der Waals surface area contributed by atoms with Crippen LogP contribution in [0.15, 0.2) is 53.3 Å². The molecule has 1 N–H and O–H groups in total. The van der Waals surface area contributed by atoms with Crippen LogP contribution in [0.3, 0.4) is 0 Å². The number of thiazole rings is 1. The van der Waals surface area contributed by atoms with Gasteiger partial charge in [0.05, 0.1) is 12.5 Å². The molecule has 0 aliphatic carbocycles. The number of amides is 2. The molecule has 1 fully saturated rings. The number of benzene rings is 1.